The van der Waals surface area contributed by atoms with Gasteiger partial charge in [0.05, 0.1) is 21.1 Å². The van der Waals surface area contributed by atoms with Gasteiger partial charge in [0.1, 0.15) is 5.69 Å². The molecular formula is C27H35N5O5S. The topological polar surface area (TPSA) is 145 Å². The summed E-state index contributed by atoms with van der Waals surface area (Å²) in [5.41, 5.74) is 2.45. The molecule has 2 heterocycles. The van der Waals surface area contributed by atoms with Crippen LogP contribution in [0.15, 0.2) is 24.3 Å². The number of aliphatic hydroxyl groups is 1. The fourth-order valence-electron chi connectivity index (χ4n) is 5.25. The number of amides is 2. The highest BCUT2D eigenvalue weighted by Crippen LogP contribution is 2.50. The average molecular weight is 542 g/mol. The van der Waals surface area contributed by atoms with E-state index >= 15 is 0 Å². The maximum atomic E-state index is 13.7. The molecule has 4 rings (SSSR count). The lowest BCUT2D eigenvalue weighted by atomic mass is 10.0. The van der Waals surface area contributed by atoms with Crippen molar-refractivity contribution >= 4 is 21.7 Å². The predicted octanol–water partition coefficient (Wildman–Crippen LogP) is 2.11. The Morgan fingerprint density at radius 1 is 1.24 bits per heavy atom. The number of nitriles is 1. The Kier molecular flexibility index (Phi) is 7.68. The van der Waals surface area contributed by atoms with Gasteiger partial charge in [-0.3, -0.25) is 14.3 Å². The van der Waals surface area contributed by atoms with Crippen LogP contribution in [-0.4, -0.2) is 69.2 Å². The van der Waals surface area contributed by atoms with Gasteiger partial charge in [-0.05, 0) is 70.1 Å². The highest BCUT2D eigenvalue weighted by Gasteiger charge is 2.60. The Bertz CT molecular complexity index is 1370. The normalized spacial score (nSPS) is 16.6. The molecule has 1 aliphatic carbocycles. The molecule has 0 spiro atoms. The van der Waals surface area contributed by atoms with Crippen LogP contribution in [0.3, 0.4) is 0 Å². The van der Waals surface area contributed by atoms with Crippen LogP contribution in [-0.2, 0) is 29.9 Å². The SMILES string of the molecule is Cn1nc(C(=O)NCc2ccc(C#N)cc2)c2c1C(=O)N(CC1(S(=O)(=O)C(C)(C)CCCCO)CC1)CC2. The molecule has 1 aliphatic heterocycles. The number of sulfone groups is 1. The molecule has 1 aromatic carbocycles. The van der Waals surface area contributed by atoms with E-state index in [4.69, 9.17) is 10.4 Å². The minimum Gasteiger partial charge on any atom is -0.396 e. The molecule has 0 radical (unpaired) electrons. The monoisotopic (exact) mass is 541 g/mol. The number of aryl methyl sites for hydroxylation is 1. The first-order valence-electron chi connectivity index (χ1n) is 12.9. The van der Waals surface area contributed by atoms with Gasteiger partial charge in [-0.1, -0.05) is 12.1 Å². The molecule has 2 aromatic rings. The molecule has 1 saturated carbocycles. The van der Waals surface area contributed by atoms with Crippen molar-refractivity contribution in [3.63, 3.8) is 0 Å². The fraction of sp³-hybridized carbons (Fsp3) is 0.556. The summed E-state index contributed by atoms with van der Waals surface area (Å²) in [7, 11) is -1.93. The largest absolute Gasteiger partial charge is 0.396 e. The minimum atomic E-state index is -3.54. The molecule has 10 nitrogen and oxygen atoms in total. The Morgan fingerprint density at radius 2 is 1.92 bits per heavy atom. The first-order chi connectivity index (χ1) is 18.0. The van der Waals surface area contributed by atoms with Crippen LogP contribution in [0.4, 0.5) is 0 Å². The standard InChI is InChI=1S/C27H35N5O5S/c1-26(2,11-4-5-15-33)38(36,37)27(12-13-27)18-32-14-10-21-22(30-31(3)23(21)25(32)35)24(34)29-17-20-8-6-19(16-28)7-9-20/h6-9,33H,4-5,10-15,17-18H2,1-3H3,(H,29,34). The Hall–Kier alpha value is -3.23. The third kappa shape index (κ3) is 5.07. The van der Waals surface area contributed by atoms with Gasteiger partial charge in [-0.2, -0.15) is 10.4 Å². The zero-order valence-corrected chi connectivity index (χ0v) is 23.0. The highest BCUT2D eigenvalue weighted by atomic mass is 32.2. The van der Waals surface area contributed by atoms with Crippen LogP contribution >= 0.6 is 0 Å². The van der Waals surface area contributed by atoms with Gasteiger partial charge in [0.15, 0.2) is 15.5 Å². The number of nitrogens with zero attached hydrogens (tertiary/aromatic N) is 4. The number of rotatable bonds is 11. The van der Waals surface area contributed by atoms with Crippen LogP contribution < -0.4 is 5.32 Å². The van der Waals surface area contributed by atoms with Crippen molar-refractivity contribution in [3.05, 3.63) is 52.3 Å². The molecule has 11 heteroatoms. The van der Waals surface area contributed by atoms with Crippen molar-refractivity contribution in [1.82, 2.24) is 20.0 Å². The zero-order valence-electron chi connectivity index (χ0n) is 22.2. The third-order valence-corrected chi connectivity index (χ3v) is 11.1. The number of carbonyl (C=O) groups excluding carboxylic acids is 2. The lowest BCUT2D eigenvalue weighted by Crippen LogP contribution is -2.50. The summed E-state index contributed by atoms with van der Waals surface area (Å²) < 4.78 is 26.8. The summed E-state index contributed by atoms with van der Waals surface area (Å²) in [5.74, 6) is -0.703. The molecule has 0 bridgehead atoms. The summed E-state index contributed by atoms with van der Waals surface area (Å²) in [6.45, 7) is 4.20. The van der Waals surface area contributed by atoms with Crippen LogP contribution in [0.25, 0.3) is 0 Å². The van der Waals surface area contributed by atoms with E-state index in [1.54, 1.807) is 50.1 Å². The van der Waals surface area contributed by atoms with Crippen LogP contribution in [0.2, 0.25) is 0 Å². The Labute approximate surface area is 223 Å². The molecule has 1 fully saturated rings. The van der Waals surface area contributed by atoms with Gasteiger partial charge in [0.25, 0.3) is 11.8 Å². The predicted molar refractivity (Wildman–Crippen MR) is 141 cm³/mol. The molecule has 0 atom stereocenters. The molecule has 2 N–H and O–H groups in total. The van der Waals surface area contributed by atoms with Crippen LogP contribution in [0, 0.1) is 11.3 Å². The number of carbonyl (C=O) groups is 2. The van der Waals surface area contributed by atoms with E-state index < -0.39 is 25.2 Å². The van der Waals surface area contributed by atoms with Crippen LogP contribution in [0.1, 0.15) is 83.6 Å². The van der Waals surface area contributed by atoms with E-state index in [1.807, 2.05) is 0 Å². The van der Waals surface area contributed by atoms with E-state index in [-0.39, 0.29) is 31.3 Å². The van der Waals surface area contributed by atoms with Crippen molar-refractivity contribution < 1.29 is 23.1 Å². The first kappa shape index (κ1) is 27.8. The summed E-state index contributed by atoms with van der Waals surface area (Å²) in [4.78, 5) is 28.0. The number of hydrogen-bond donors (Lipinski definition) is 2. The average Bonchev–Trinajstić information content (AvgIpc) is 3.60. The second-order valence-electron chi connectivity index (χ2n) is 10.9. The van der Waals surface area contributed by atoms with Crippen molar-refractivity contribution in [3.8, 4) is 6.07 Å². The van der Waals surface area contributed by atoms with E-state index in [0.717, 1.165) is 5.56 Å². The van der Waals surface area contributed by atoms with Crippen molar-refractivity contribution in [2.75, 3.05) is 19.7 Å². The van der Waals surface area contributed by atoms with Gasteiger partial charge in [0, 0.05) is 38.9 Å². The van der Waals surface area contributed by atoms with Crippen LogP contribution in [0.5, 0.6) is 0 Å². The number of aromatic nitrogens is 2. The molecule has 38 heavy (non-hydrogen) atoms. The maximum Gasteiger partial charge on any atom is 0.272 e. The lowest BCUT2D eigenvalue weighted by Gasteiger charge is -2.35. The Balaban J connectivity index is 1.47. The van der Waals surface area contributed by atoms with E-state index in [0.29, 0.717) is 61.9 Å². The van der Waals surface area contributed by atoms with Gasteiger partial charge in [-0.15, -0.1) is 0 Å². The summed E-state index contributed by atoms with van der Waals surface area (Å²) in [6, 6.07) is 8.95. The van der Waals surface area contributed by atoms with E-state index in [1.165, 1.54) is 4.68 Å². The minimum absolute atomic E-state index is 0.0338. The number of nitrogens with one attached hydrogen (secondary N) is 1. The molecule has 204 valence electrons. The molecular weight excluding hydrogens is 506 g/mol. The maximum absolute atomic E-state index is 13.7. The molecule has 2 amide bonds. The number of aliphatic hydroxyl groups excluding tert-OH is 1. The molecule has 1 aromatic heterocycles. The van der Waals surface area contributed by atoms with Crippen molar-refractivity contribution in [2.24, 2.45) is 7.05 Å². The van der Waals surface area contributed by atoms with E-state index in [9.17, 15) is 18.0 Å². The van der Waals surface area contributed by atoms with E-state index in [2.05, 4.69) is 16.5 Å². The highest BCUT2D eigenvalue weighted by molar-refractivity contribution is 7.94. The first-order valence-corrected chi connectivity index (χ1v) is 14.4. The van der Waals surface area contributed by atoms with Crippen molar-refractivity contribution in [1.29, 1.82) is 5.26 Å². The quantitative estimate of drug-likeness (QED) is 0.414. The number of unbranched alkanes of at least 4 members (excludes halogenated alkanes) is 1. The summed E-state index contributed by atoms with van der Waals surface area (Å²) in [5, 5.41) is 25.2. The third-order valence-electron chi connectivity index (χ3n) is 7.79. The summed E-state index contributed by atoms with van der Waals surface area (Å²) in [6.07, 6.45) is 3.08. The second-order valence-corrected chi connectivity index (χ2v) is 13.9. The van der Waals surface area contributed by atoms with Gasteiger partial charge in [0.2, 0.25) is 0 Å². The number of fused-ring (bicyclic) bond motifs is 1. The zero-order chi connectivity index (χ0) is 27.7. The number of benzene rings is 1. The summed E-state index contributed by atoms with van der Waals surface area (Å²) >= 11 is 0. The van der Waals surface area contributed by atoms with Gasteiger partial charge < -0.3 is 15.3 Å². The van der Waals surface area contributed by atoms with Gasteiger partial charge >= 0.3 is 0 Å². The second kappa shape index (κ2) is 10.5. The molecule has 2 aliphatic rings. The van der Waals surface area contributed by atoms with Crippen molar-refractivity contribution in [2.45, 2.75) is 68.4 Å². The lowest BCUT2D eigenvalue weighted by molar-refractivity contribution is 0.0724. The molecule has 0 unspecified atom stereocenters. The molecule has 0 saturated heterocycles. The number of hydrogen-bond acceptors (Lipinski definition) is 7. The smallest absolute Gasteiger partial charge is 0.272 e. The fourth-order valence-corrected chi connectivity index (χ4v) is 7.80. The van der Waals surface area contributed by atoms with Gasteiger partial charge in [-0.25, -0.2) is 8.42 Å². The Morgan fingerprint density at radius 3 is 2.53 bits per heavy atom.